The molecule has 0 unspecified atom stereocenters. The molecule has 0 aromatic carbocycles. The first-order valence-electron chi connectivity index (χ1n) is 6.12. The molecule has 0 aliphatic heterocycles. The van der Waals surface area contributed by atoms with Crippen molar-refractivity contribution in [1.82, 2.24) is 14.7 Å². The number of aryl methyl sites for hydroxylation is 2. The van der Waals surface area contributed by atoms with Gasteiger partial charge >= 0.3 is 0 Å². The predicted octanol–water partition coefficient (Wildman–Crippen LogP) is 2.43. The van der Waals surface area contributed by atoms with Crippen molar-refractivity contribution in [2.75, 3.05) is 32.7 Å². The number of rotatable bonds is 8. The number of alkyl halides is 1. The normalized spacial score (nSPS) is 11.4. The van der Waals surface area contributed by atoms with E-state index in [1.165, 1.54) is 5.69 Å². The number of hydrogen-bond acceptors (Lipinski definition) is 3. The molecule has 6 heteroatoms. The van der Waals surface area contributed by atoms with Gasteiger partial charge in [0.25, 0.3) is 0 Å². The fourth-order valence-electron chi connectivity index (χ4n) is 1.70. The fraction of sp³-hybridized carbons (Fsp3) is 0.750. The van der Waals surface area contributed by atoms with Crippen molar-refractivity contribution < 1.29 is 4.74 Å². The zero-order chi connectivity index (χ0) is 13.5. The van der Waals surface area contributed by atoms with Crippen LogP contribution in [0.15, 0.2) is 4.47 Å². The summed E-state index contributed by atoms with van der Waals surface area (Å²) < 4.78 is 8.44. The Hall–Kier alpha value is -0.100. The van der Waals surface area contributed by atoms with Crippen molar-refractivity contribution >= 4 is 27.5 Å². The van der Waals surface area contributed by atoms with Crippen LogP contribution in [0.4, 0.5) is 0 Å². The van der Waals surface area contributed by atoms with Gasteiger partial charge < -0.3 is 4.74 Å². The smallest absolute Gasteiger partial charge is 0.0767 e. The lowest BCUT2D eigenvalue weighted by molar-refractivity contribution is 0.121. The highest BCUT2D eigenvalue weighted by molar-refractivity contribution is 9.10. The molecule has 0 saturated heterocycles. The molecule has 18 heavy (non-hydrogen) atoms. The molecule has 0 radical (unpaired) electrons. The summed E-state index contributed by atoms with van der Waals surface area (Å²) in [5.41, 5.74) is 2.31. The van der Waals surface area contributed by atoms with Crippen LogP contribution in [0.5, 0.6) is 0 Å². The first kappa shape index (κ1) is 16.0. The van der Waals surface area contributed by atoms with Gasteiger partial charge in [0, 0.05) is 26.0 Å². The highest BCUT2D eigenvalue weighted by Gasteiger charge is 2.13. The maximum atomic E-state index is 5.55. The van der Waals surface area contributed by atoms with E-state index in [9.17, 15) is 0 Å². The molecule has 4 nitrogen and oxygen atoms in total. The van der Waals surface area contributed by atoms with E-state index in [2.05, 4.69) is 39.9 Å². The van der Waals surface area contributed by atoms with Gasteiger partial charge in [-0.1, -0.05) is 6.92 Å². The molecule has 1 aromatic heterocycles. The monoisotopic (exact) mass is 337 g/mol. The van der Waals surface area contributed by atoms with E-state index in [1.54, 1.807) is 0 Å². The lowest BCUT2D eigenvalue weighted by Crippen LogP contribution is -2.24. The average Bonchev–Trinajstić information content (AvgIpc) is 2.62. The second-order valence-corrected chi connectivity index (χ2v) is 5.39. The Morgan fingerprint density at radius 1 is 1.44 bits per heavy atom. The molecule has 104 valence electrons. The van der Waals surface area contributed by atoms with Crippen LogP contribution in [0.25, 0.3) is 0 Å². The molecule has 0 fully saturated rings. The number of halogens is 2. The van der Waals surface area contributed by atoms with E-state index in [1.807, 2.05) is 11.7 Å². The van der Waals surface area contributed by atoms with Gasteiger partial charge in [0.05, 0.1) is 29.1 Å². The van der Waals surface area contributed by atoms with Crippen LogP contribution in [0, 0.1) is 0 Å². The number of nitrogens with zero attached hydrogens (tertiary/aromatic N) is 3. The zero-order valence-corrected chi connectivity index (χ0v) is 13.6. The van der Waals surface area contributed by atoms with Crippen LogP contribution in [0.3, 0.4) is 0 Å². The predicted molar refractivity (Wildman–Crippen MR) is 78.2 cm³/mol. The summed E-state index contributed by atoms with van der Waals surface area (Å²) in [5, 5.41) is 4.49. The molecule has 1 heterocycles. The number of hydrogen-bond donors (Lipinski definition) is 0. The Balaban J connectivity index is 2.48. The molecular weight excluding hydrogens is 318 g/mol. The second-order valence-electron chi connectivity index (χ2n) is 4.22. The first-order chi connectivity index (χ1) is 8.60. The van der Waals surface area contributed by atoms with Crippen LogP contribution in [0.2, 0.25) is 0 Å². The Bertz CT molecular complexity index is 370. The van der Waals surface area contributed by atoms with E-state index in [0.717, 1.165) is 29.7 Å². The molecule has 0 N–H and O–H groups in total. The summed E-state index contributed by atoms with van der Waals surface area (Å²) in [6.45, 7) is 5.18. The number of aromatic nitrogens is 2. The Morgan fingerprint density at radius 2 is 2.17 bits per heavy atom. The number of ether oxygens (including phenoxy) is 1. The van der Waals surface area contributed by atoms with E-state index in [0.29, 0.717) is 19.1 Å². The lowest BCUT2D eigenvalue weighted by atomic mass is 10.3. The van der Waals surface area contributed by atoms with Gasteiger partial charge in [0.2, 0.25) is 0 Å². The molecular formula is C12H21BrClN3O. The van der Waals surface area contributed by atoms with E-state index in [4.69, 9.17) is 16.3 Å². The van der Waals surface area contributed by atoms with Crippen molar-refractivity contribution in [3.63, 3.8) is 0 Å². The second kappa shape index (κ2) is 8.15. The number of likely N-dealkylation sites (N-methyl/N-ethyl adjacent to an activating group) is 1. The maximum Gasteiger partial charge on any atom is 0.0767 e. The Labute approximate surface area is 122 Å². The highest BCUT2D eigenvalue weighted by Crippen LogP contribution is 2.22. The minimum absolute atomic E-state index is 0.552. The first-order valence-corrected chi connectivity index (χ1v) is 7.45. The van der Waals surface area contributed by atoms with Crippen LogP contribution in [-0.2, 0) is 24.8 Å². The van der Waals surface area contributed by atoms with E-state index < -0.39 is 0 Å². The lowest BCUT2D eigenvalue weighted by Gasteiger charge is -2.16. The largest absolute Gasteiger partial charge is 0.379 e. The third kappa shape index (κ3) is 4.53. The van der Waals surface area contributed by atoms with Gasteiger partial charge in [-0.2, -0.15) is 5.10 Å². The van der Waals surface area contributed by atoms with Crippen molar-refractivity contribution in [2.45, 2.75) is 19.9 Å². The fourth-order valence-corrected chi connectivity index (χ4v) is 2.55. The van der Waals surface area contributed by atoms with Crippen molar-refractivity contribution in [3.8, 4) is 0 Å². The van der Waals surface area contributed by atoms with Gasteiger partial charge in [-0.05, 0) is 29.4 Å². The molecule has 0 spiro atoms. The van der Waals surface area contributed by atoms with Crippen LogP contribution >= 0.6 is 27.5 Å². The average molecular weight is 339 g/mol. The van der Waals surface area contributed by atoms with Crippen molar-refractivity contribution in [1.29, 1.82) is 0 Å². The zero-order valence-electron chi connectivity index (χ0n) is 11.2. The van der Waals surface area contributed by atoms with Crippen LogP contribution in [-0.4, -0.2) is 47.4 Å². The minimum Gasteiger partial charge on any atom is -0.379 e. The summed E-state index contributed by atoms with van der Waals surface area (Å²) in [5.74, 6) is 0.552. The quantitative estimate of drug-likeness (QED) is 0.539. The van der Waals surface area contributed by atoms with E-state index in [-0.39, 0.29) is 0 Å². The third-order valence-corrected chi connectivity index (χ3v) is 3.83. The molecule has 1 aromatic rings. The molecule has 0 amide bonds. The van der Waals surface area contributed by atoms with Gasteiger partial charge in [-0.3, -0.25) is 9.58 Å². The van der Waals surface area contributed by atoms with Crippen molar-refractivity contribution in [2.24, 2.45) is 7.05 Å². The summed E-state index contributed by atoms with van der Waals surface area (Å²) in [6.07, 6.45) is 0.941. The Kier molecular flexibility index (Phi) is 7.22. The Morgan fingerprint density at radius 3 is 2.72 bits per heavy atom. The van der Waals surface area contributed by atoms with Crippen molar-refractivity contribution in [3.05, 3.63) is 15.9 Å². The summed E-state index contributed by atoms with van der Waals surface area (Å²) in [7, 11) is 4.06. The van der Waals surface area contributed by atoms with Gasteiger partial charge in [-0.25, -0.2) is 0 Å². The summed E-state index contributed by atoms with van der Waals surface area (Å²) in [6, 6.07) is 0. The van der Waals surface area contributed by atoms with Crippen LogP contribution in [0.1, 0.15) is 18.3 Å². The van der Waals surface area contributed by atoms with Gasteiger partial charge in [-0.15, -0.1) is 11.6 Å². The molecule has 1 rings (SSSR count). The van der Waals surface area contributed by atoms with Gasteiger partial charge in [0.1, 0.15) is 0 Å². The third-order valence-electron chi connectivity index (χ3n) is 2.76. The van der Waals surface area contributed by atoms with Crippen LogP contribution < -0.4 is 0 Å². The molecule has 0 saturated carbocycles. The summed E-state index contributed by atoms with van der Waals surface area (Å²) in [4.78, 5) is 2.22. The molecule has 0 aliphatic rings. The molecule has 0 aliphatic carbocycles. The SMILES string of the molecule is CCc1nn(C)c(CN(C)CCOCCCl)c1Br. The minimum atomic E-state index is 0.552. The summed E-state index contributed by atoms with van der Waals surface area (Å²) >= 11 is 9.18. The standard InChI is InChI=1S/C12H21BrClN3O/c1-4-10-12(13)11(17(3)15-10)9-16(2)6-8-18-7-5-14/h4-9H2,1-3H3. The molecule has 0 bridgehead atoms. The molecule has 0 atom stereocenters. The topological polar surface area (TPSA) is 30.3 Å². The highest BCUT2D eigenvalue weighted by atomic mass is 79.9. The maximum absolute atomic E-state index is 5.55. The van der Waals surface area contributed by atoms with E-state index >= 15 is 0 Å². The van der Waals surface area contributed by atoms with Gasteiger partial charge in [0.15, 0.2) is 0 Å².